The van der Waals surface area contributed by atoms with Gasteiger partial charge in [0.25, 0.3) is 0 Å². The minimum atomic E-state index is -0.331. The average molecular weight is 237 g/mol. The van der Waals surface area contributed by atoms with Crippen molar-refractivity contribution in [3.63, 3.8) is 0 Å². The molecule has 2 unspecified atom stereocenters. The smallest absolute Gasteiger partial charge is 0.0611 e. The van der Waals surface area contributed by atoms with Crippen molar-refractivity contribution in [1.29, 1.82) is 0 Å². The van der Waals surface area contributed by atoms with E-state index in [1.165, 1.54) is 10.5 Å². The molecule has 1 fully saturated rings. The van der Waals surface area contributed by atoms with E-state index >= 15 is 0 Å². The van der Waals surface area contributed by atoms with Gasteiger partial charge in [-0.25, -0.2) is 0 Å². The van der Waals surface area contributed by atoms with E-state index in [4.69, 9.17) is 5.73 Å². The van der Waals surface area contributed by atoms with Crippen molar-refractivity contribution in [3.8, 4) is 0 Å². The first kappa shape index (κ1) is 12.0. The van der Waals surface area contributed by atoms with E-state index in [9.17, 15) is 5.11 Å². The highest BCUT2D eigenvalue weighted by Gasteiger charge is 2.35. The SMILES string of the molecule is Cc1ccc(SC2CCC(N)(CO)C2)cc1. The fraction of sp³-hybridized carbons (Fsp3) is 0.538. The van der Waals surface area contributed by atoms with Crippen molar-refractivity contribution in [2.24, 2.45) is 5.73 Å². The number of aliphatic hydroxyl groups excluding tert-OH is 1. The second kappa shape index (κ2) is 4.78. The third-order valence-corrected chi connectivity index (χ3v) is 4.52. The van der Waals surface area contributed by atoms with Crippen molar-refractivity contribution in [3.05, 3.63) is 29.8 Å². The van der Waals surface area contributed by atoms with Crippen molar-refractivity contribution in [2.75, 3.05) is 6.61 Å². The number of hydrogen-bond acceptors (Lipinski definition) is 3. The molecule has 1 saturated carbocycles. The molecule has 2 nitrogen and oxygen atoms in total. The Morgan fingerprint density at radius 2 is 2.12 bits per heavy atom. The Hall–Kier alpha value is -0.510. The van der Waals surface area contributed by atoms with Gasteiger partial charge in [0.1, 0.15) is 0 Å². The molecular weight excluding hydrogens is 218 g/mol. The van der Waals surface area contributed by atoms with Gasteiger partial charge < -0.3 is 10.8 Å². The first-order valence-corrected chi connectivity index (χ1v) is 6.62. The highest BCUT2D eigenvalue weighted by molar-refractivity contribution is 8.00. The van der Waals surface area contributed by atoms with Gasteiger partial charge in [-0.05, 0) is 38.3 Å². The molecule has 0 bridgehead atoms. The molecule has 0 amide bonds. The quantitative estimate of drug-likeness (QED) is 0.848. The molecule has 3 N–H and O–H groups in total. The molecule has 3 heteroatoms. The van der Waals surface area contributed by atoms with Gasteiger partial charge in [-0.2, -0.15) is 0 Å². The lowest BCUT2D eigenvalue weighted by molar-refractivity contribution is 0.200. The Kier molecular flexibility index (Phi) is 3.57. The van der Waals surface area contributed by atoms with Crippen LogP contribution in [0.2, 0.25) is 0 Å². The fourth-order valence-electron chi connectivity index (χ4n) is 2.16. The number of benzene rings is 1. The Morgan fingerprint density at radius 3 is 2.69 bits per heavy atom. The molecule has 0 spiro atoms. The zero-order valence-electron chi connectivity index (χ0n) is 9.65. The van der Waals surface area contributed by atoms with Crippen LogP contribution >= 0.6 is 11.8 Å². The molecule has 1 aromatic carbocycles. The summed E-state index contributed by atoms with van der Waals surface area (Å²) in [5.41, 5.74) is 7.02. The first-order valence-electron chi connectivity index (χ1n) is 5.74. The number of hydrogen-bond donors (Lipinski definition) is 2. The monoisotopic (exact) mass is 237 g/mol. The van der Waals surface area contributed by atoms with Crippen molar-refractivity contribution >= 4 is 11.8 Å². The molecule has 0 radical (unpaired) electrons. The Balaban J connectivity index is 1.94. The summed E-state index contributed by atoms with van der Waals surface area (Å²) >= 11 is 1.89. The molecule has 0 aromatic heterocycles. The second-order valence-electron chi connectivity index (χ2n) is 4.82. The van der Waals surface area contributed by atoms with Gasteiger partial charge in [-0.15, -0.1) is 11.8 Å². The summed E-state index contributed by atoms with van der Waals surface area (Å²) in [6, 6.07) is 8.60. The number of rotatable bonds is 3. The van der Waals surface area contributed by atoms with E-state index in [-0.39, 0.29) is 12.1 Å². The molecule has 16 heavy (non-hydrogen) atoms. The van der Waals surface area contributed by atoms with Gasteiger partial charge in [0.15, 0.2) is 0 Å². The fourth-order valence-corrected chi connectivity index (χ4v) is 3.49. The standard InChI is InChI=1S/C13H19NOS/c1-10-2-4-11(5-3-10)16-12-6-7-13(14,8-12)9-15/h2-5,12,15H,6-9,14H2,1H3. The largest absolute Gasteiger partial charge is 0.394 e. The molecule has 1 aliphatic rings. The molecule has 1 aromatic rings. The topological polar surface area (TPSA) is 46.2 Å². The molecule has 2 rings (SSSR count). The predicted molar refractivity (Wildman–Crippen MR) is 68.7 cm³/mol. The third-order valence-electron chi connectivity index (χ3n) is 3.24. The van der Waals surface area contributed by atoms with Gasteiger partial charge in [-0.3, -0.25) is 0 Å². The summed E-state index contributed by atoms with van der Waals surface area (Å²) in [6.07, 6.45) is 2.96. The van der Waals surface area contributed by atoms with Crippen LogP contribution in [0.3, 0.4) is 0 Å². The zero-order chi connectivity index (χ0) is 11.6. The Labute approximate surface area is 101 Å². The van der Waals surface area contributed by atoms with E-state index < -0.39 is 0 Å². The summed E-state index contributed by atoms with van der Waals surface area (Å²) in [5, 5.41) is 9.77. The summed E-state index contributed by atoms with van der Waals surface area (Å²) in [5.74, 6) is 0. The summed E-state index contributed by atoms with van der Waals surface area (Å²) in [6.45, 7) is 2.21. The number of aliphatic hydroxyl groups is 1. The minimum absolute atomic E-state index is 0.109. The van der Waals surface area contributed by atoms with E-state index in [1.54, 1.807) is 0 Å². The van der Waals surface area contributed by atoms with Crippen molar-refractivity contribution < 1.29 is 5.11 Å². The van der Waals surface area contributed by atoms with Gasteiger partial charge >= 0.3 is 0 Å². The molecule has 0 saturated heterocycles. The summed E-state index contributed by atoms with van der Waals surface area (Å²) < 4.78 is 0. The van der Waals surface area contributed by atoms with Gasteiger partial charge in [0, 0.05) is 15.7 Å². The van der Waals surface area contributed by atoms with Crippen LogP contribution in [0, 0.1) is 6.92 Å². The Morgan fingerprint density at radius 1 is 1.44 bits per heavy atom. The maximum atomic E-state index is 9.21. The maximum Gasteiger partial charge on any atom is 0.0611 e. The average Bonchev–Trinajstić information content (AvgIpc) is 2.65. The molecule has 0 aliphatic heterocycles. The second-order valence-corrected chi connectivity index (χ2v) is 6.19. The van der Waals surface area contributed by atoms with Crippen LogP contribution in [0.25, 0.3) is 0 Å². The van der Waals surface area contributed by atoms with Crippen LogP contribution in [0.5, 0.6) is 0 Å². The zero-order valence-corrected chi connectivity index (χ0v) is 10.5. The van der Waals surface area contributed by atoms with Crippen LogP contribution in [0.1, 0.15) is 24.8 Å². The lowest BCUT2D eigenvalue weighted by Crippen LogP contribution is -2.40. The molecular formula is C13H19NOS. The first-order chi connectivity index (χ1) is 7.61. The van der Waals surface area contributed by atoms with Crippen LogP contribution < -0.4 is 5.73 Å². The number of nitrogens with two attached hydrogens (primary N) is 1. The lowest BCUT2D eigenvalue weighted by atomic mass is 10.0. The maximum absolute atomic E-state index is 9.21. The van der Waals surface area contributed by atoms with Crippen LogP contribution in [-0.4, -0.2) is 22.5 Å². The Bertz CT molecular complexity index is 351. The van der Waals surface area contributed by atoms with E-state index in [0.29, 0.717) is 5.25 Å². The van der Waals surface area contributed by atoms with Crippen molar-refractivity contribution in [2.45, 2.75) is 41.9 Å². The molecule has 88 valence electrons. The van der Waals surface area contributed by atoms with E-state index in [1.807, 2.05) is 11.8 Å². The van der Waals surface area contributed by atoms with Crippen LogP contribution in [0.4, 0.5) is 0 Å². The molecule has 0 heterocycles. The van der Waals surface area contributed by atoms with E-state index in [2.05, 4.69) is 31.2 Å². The lowest BCUT2D eigenvalue weighted by Gasteiger charge is -2.20. The predicted octanol–water partition coefficient (Wildman–Crippen LogP) is 2.33. The van der Waals surface area contributed by atoms with Gasteiger partial charge in [0.05, 0.1) is 6.61 Å². The highest BCUT2D eigenvalue weighted by atomic mass is 32.2. The van der Waals surface area contributed by atoms with Crippen LogP contribution in [-0.2, 0) is 0 Å². The van der Waals surface area contributed by atoms with E-state index in [0.717, 1.165) is 19.3 Å². The normalized spacial score (nSPS) is 29.6. The summed E-state index contributed by atoms with van der Waals surface area (Å²) in [4.78, 5) is 1.30. The molecule has 1 aliphatic carbocycles. The number of aryl methyl sites for hydroxylation is 1. The highest BCUT2D eigenvalue weighted by Crippen LogP contribution is 2.38. The van der Waals surface area contributed by atoms with Crippen LogP contribution in [0.15, 0.2) is 29.2 Å². The van der Waals surface area contributed by atoms with Gasteiger partial charge in [-0.1, -0.05) is 17.7 Å². The van der Waals surface area contributed by atoms with Gasteiger partial charge in [0.2, 0.25) is 0 Å². The summed E-state index contributed by atoms with van der Waals surface area (Å²) in [7, 11) is 0. The number of thioether (sulfide) groups is 1. The van der Waals surface area contributed by atoms with Crippen molar-refractivity contribution in [1.82, 2.24) is 0 Å². The third kappa shape index (κ3) is 2.78. The minimum Gasteiger partial charge on any atom is -0.394 e. The molecule has 2 atom stereocenters.